The molecule has 5 rings (SSSR count). The summed E-state index contributed by atoms with van der Waals surface area (Å²) in [4.78, 5) is 47.7. The lowest BCUT2D eigenvalue weighted by atomic mass is 10.1. The van der Waals surface area contributed by atoms with Gasteiger partial charge >= 0.3 is 13.3 Å². The Hall–Kier alpha value is -3.10. The highest BCUT2D eigenvalue weighted by atomic mass is 31.2. The molecule has 20 heteroatoms. The van der Waals surface area contributed by atoms with Gasteiger partial charge in [-0.3, -0.25) is 23.5 Å². The summed E-state index contributed by atoms with van der Waals surface area (Å²) in [6.45, 7) is -1.29. The number of hydrogen-bond donors (Lipinski definition) is 7. The lowest BCUT2D eigenvalue weighted by Gasteiger charge is -2.24. The van der Waals surface area contributed by atoms with Gasteiger partial charge in [0.1, 0.15) is 54.8 Å². The maximum absolute atomic E-state index is 12.8. The Morgan fingerprint density at radius 1 is 1.05 bits per heavy atom. The van der Waals surface area contributed by atoms with Gasteiger partial charge in [-0.05, 0) is 0 Å². The number of aliphatic hydroxyl groups is 4. The van der Waals surface area contributed by atoms with E-state index in [1.54, 1.807) is 0 Å². The van der Waals surface area contributed by atoms with Crippen LogP contribution in [0.2, 0.25) is 0 Å². The highest BCUT2D eigenvalue weighted by Crippen LogP contribution is 2.45. The number of anilines is 1. The van der Waals surface area contributed by atoms with Crippen molar-refractivity contribution in [3.05, 3.63) is 45.8 Å². The molecule has 3 aromatic rings. The first-order valence-corrected chi connectivity index (χ1v) is 13.6. The molecule has 0 amide bonds. The van der Waals surface area contributed by atoms with E-state index in [0.29, 0.717) is 0 Å². The molecule has 0 aromatic carbocycles. The number of nitrogens with zero attached hydrogens (tertiary/aromatic N) is 5. The number of ether oxygens (including phenoxy) is 3. The number of aromatic amines is 1. The summed E-state index contributed by atoms with van der Waals surface area (Å²) in [6, 6.07) is 1.01. The van der Waals surface area contributed by atoms with Crippen LogP contribution >= 0.6 is 7.60 Å². The smallest absolute Gasteiger partial charge is 0.353 e. The Bertz CT molecular complexity index is 1530. The first-order chi connectivity index (χ1) is 19.0. The average molecular weight is 587 g/mol. The molecule has 3 aromatic heterocycles. The first kappa shape index (κ1) is 28.4. The second-order valence-corrected chi connectivity index (χ2v) is 10.9. The lowest BCUT2D eigenvalue weighted by molar-refractivity contribution is -0.0667. The van der Waals surface area contributed by atoms with Gasteiger partial charge in [0.15, 0.2) is 23.9 Å². The molecule has 9 atom stereocenters. The van der Waals surface area contributed by atoms with E-state index in [2.05, 4.69) is 15.0 Å². The average Bonchev–Trinajstić information content (AvgIpc) is 3.56. The Balaban J connectivity index is 1.25. The van der Waals surface area contributed by atoms with Gasteiger partial charge in [0, 0.05) is 12.3 Å². The van der Waals surface area contributed by atoms with Crippen LogP contribution in [0.3, 0.4) is 0 Å². The third kappa shape index (κ3) is 5.31. The summed E-state index contributed by atoms with van der Waals surface area (Å²) >= 11 is 0. The second kappa shape index (κ2) is 11.1. The Kier molecular flexibility index (Phi) is 7.86. The standard InChI is InChI=1S/C20H26N7O12P/c21-16-11-17(23-5-22-16)27(6-24-11)19-15(13(31)8(3-28)38-19)36-7-40(34,35)37-4-9-12(30)14(32)18(39-9)26-2-1-10(29)25-20(26)33/h1-2,5-6,8-9,12-15,18-19,28,30-32H,3-4,7H2,(H,34,35)(H2,21,22,23)(H,25,29,33)/t8-,9-,12-,13-,14-,15-,18-,19-/m1/s1. The monoisotopic (exact) mass is 587 g/mol. The van der Waals surface area contributed by atoms with Crippen LogP contribution in [0.15, 0.2) is 34.5 Å². The van der Waals surface area contributed by atoms with E-state index in [1.807, 2.05) is 4.98 Å². The summed E-state index contributed by atoms with van der Waals surface area (Å²) in [5, 5.41) is 40.9. The van der Waals surface area contributed by atoms with E-state index in [4.69, 9.17) is 24.5 Å². The second-order valence-electron chi connectivity index (χ2n) is 9.08. The van der Waals surface area contributed by atoms with Crippen LogP contribution in [0.5, 0.6) is 0 Å². The Morgan fingerprint density at radius 2 is 1.80 bits per heavy atom. The molecule has 2 aliphatic heterocycles. The van der Waals surface area contributed by atoms with E-state index in [1.165, 1.54) is 17.2 Å². The zero-order valence-corrected chi connectivity index (χ0v) is 21.3. The van der Waals surface area contributed by atoms with E-state index in [9.17, 15) is 39.5 Å². The lowest BCUT2D eigenvalue weighted by Crippen LogP contribution is -2.37. The topological polar surface area (TPSA) is 280 Å². The highest BCUT2D eigenvalue weighted by Gasteiger charge is 2.48. The molecule has 2 fully saturated rings. The first-order valence-electron chi connectivity index (χ1n) is 11.8. The van der Waals surface area contributed by atoms with Gasteiger partial charge in [0.2, 0.25) is 0 Å². The third-order valence-electron chi connectivity index (χ3n) is 6.49. The van der Waals surface area contributed by atoms with Crippen molar-refractivity contribution in [3.8, 4) is 0 Å². The van der Waals surface area contributed by atoms with Gasteiger partial charge < -0.3 is 49.8 Å². The largest absolute Gasteiger partial charge is 0.394 e. The van der Waals surface area contributed by atoms with E-state index in [-0.39, 0.29) is 17.0 Å². The van der Waals surface area contributed by atoms with E-state index < -0.39 is 87.5 Å². The number of hydrogen-bond acceptors (Lipinski definition) is 15. The van der Waals surface area contributed by atoms with Crippen LogP contribution in [0.25, 0.3) is 11.2 Å². The molecule has 5 heterocycles. The van der Waals surface area contributed by atoms with Gasteiger partial charge in [-0.1, -0.05) is 0 Å². The van der Waals surface area contributed by atoms with Crippen molar-refractivity contribution in [1.29, 1.82) is 0 Å². The van der Waals surface area contributed by atoms with Crippen LogP contribution in [0.4, 0.5) is 5.82 Å². The molecule has 1 unspecified atom stereocenters. The molecule has 0 bridgehead atoms. The van der Waals surface area contributed by atoms with Crippen molar-refractivity contribution in [2.75, 3.05) is 25.3 Å². The summed E-state index contributed by atoms with van der Waals surface area (Å²) in [5.41, 5.74) is 4.69. The quantitative estimate of drug-likeness (QED) is 0.119. The van der Waals surface area contributed by atoms with Gasteiger partial charge in [0.05, 0.1) is 19.5 Å². The number of H-pyrrole nitrogens is 1. The van der Waals surface area contributed by atoms with Crippen LogP contribution in [0, 0.1) is 0 Å². The number of nitrogen functional groups attached to an aromatic ring is 1. The van der Waals surface area contributed by atoms with Crippen LogP contribution < -0.4 is 17.0 Å². The molecule has 0 aliphatic carbocycles. The number of nitrogens with one attached hydrogen (secondary N) is 1. The fraction of sp³-hybridized carbons (Fsp3) is 0.550. The van der Waals surface area contributed by atoms with Crippen molar-refractivity contribution in [1.82, 2.24) is 29.1 Å². The minimum atomic E-state index is -4.58. The van der Waals surface area contributed by atoms with E-state index in [0.717, 1.165) is 16.8 Å². The van der Waals surface area contributed by atoms with Crippen molar-refractivity contribution in [2.45, 2.75) is 49.1 Å². The minimum Gasteiger partial charge on any atom is -0.394 e. The van der Waals surface area contributed by atoms with Gasteiger partial charge in [-0.2, -0.15) is 0 Å². The molecular formula is C20H26N7O12P. The van der Waals surface area contributed by atoms with Crippen LogP contribution in [-0.2, 0) is 23.3 Å². The number of nitrogens with two attached hydrogens (primary N) is 1. The van der Waals surface area contributed by atoms with E-state index >= 15 is 0 Å². The van der Waals surface area contributed by atoms with Gasteiger partial charge in [0.25, 0.3) is 5.56 Å². The highest BCUT2D eigenvalue weighted by molar-refractivity contribution is 7.52. The van der Waals surface area contributed by atoms with Crippen molar-refractivity contribution < 1.29 is 48.6 Å². The fourth-order valence-corrected chi connectivity index (χ4v) is 5.28. The molecular weight excluding hydrogens is 561 g/mol. The van der Waals surface area contributed by atoms with Crippen LogP contribution in [-0.4, -0.2) is 111 Å². The fourth-order valence-electron chi connectivity index (χ4n) is 4.46. The predicted molar refractivity (Wildman–Crippen MR) is 130 cm³/mol. The van der Waals surface area contributed by atoms with Gasteiger partial charge in [-0.15, -0.1) is 0 Å². The normalized spacial score (nSPS) is 32.0. The number of rotatable bonds is 9. The van der Waals surface area contributed by atoms with Crippen molar-refractivity contribution in [3.63, 3.8) is 0 Å². The maximum Gasteiger partial charge on any atom is 0.353 e. The molecule has 2 aliphatic rings. The summed E-state index contributed by atoms with van der Waals surface area (Å²) in [5.74, 6) is 0.0841. The number of fused-ring (bicyclic) bond motifs is 1. The molecule has 19 nitrogen and oxygen atoms in total. The van der Waals surface area contributed by atoms with Crippen LogP contribution in [0.1, 0.15) is 12.5 Å². The Labute approximate surface area is 222 Å². The molecule has 2 saturated heterocycles. The Morgan fingerprint density at radius 3 is 2.52 bits per heavy atom. The summed E-state index contributed by atoms with van der Waals surface area (Å²) < 4.78 is 36.7. The molecule has 40 heavy (non-hydrogen) atoms. The third-order valence-corrected chi connectivity index (χ3v) is 7.52. The zero-order valence-electron chi connectivity index (χ0n) is 20.4. The van der Waals surface area contributed by atoms with Gasteiger partial charge in [-0.25, -0.2) is 19.7 Å². The zero-order chi connectivity index (χ0) is 28.8. The molecule has 0 saturated carbocycles. The molecule has 0 radical (unpaired) electrons. The predicted octanol–water partition coefficient (Wildman–Crippen LogP) is -3.63. The SMILES string of the molecule is Nc1ncnc2c1ncn2[C@@H]1O[C@H](CO)[C@@H](O)[C@H]1OCP(=O)(O)OC[C@H]1O[C@@H](n2ccc(=O)[nH]c2=O)[C@H](O)[C@@H]1O. The van der Waals surface area contributed by atoms with Crippen molar-refractivity contribution >= 4 is 24.6 Å². The minimum absolute atomic E-state index is 0.0841. The molecule has 218 valence electrons. The molecule has 8 N–H and O–H groups in total. The number of imidazole rings is 1. The van der Waals surface area contributed by atoms with Crippen molar-refractivity contribution in [2.24, 2.45) is 0 Å². The number of aromatic nitrogens is 6. The number of aliphatic hydroxyl groups excluding tert-OH is 4. The maximum atomic E-state index is 12.8. The summed E-state index contributed by atoms with van der Waals surface area (Å²) in [7, 11) is -4.58. The molecule has 0 spiro atoms. The summed E-state index contributed by atoms with van der Waals surface area (Å²) in [6.07, 6.45) is -8.38.